The standard InChI is InChI=1S/C20H21NO/c22-14-20(16-9-5-2-6-10-16)21-12-17-11-18(19(17)13-21)15-7-3-1-4-8-15/h1-10,14,17-20H,11-13H2. The maximum absolute atomic E-state index is 11.6. The minimum atomic E-state index is -0.0803. The zero-order chi connectivity index (χ0) is 14.9. The van der Waals surface area contributed by atoms with E-state index >= 15 is 0 Å². The number of carbonyl (C=O) groups excluding carboxylic acids is 1. The molecule has 1 saturated carbocycles. The second-order valence-electron chi connectivity index (χ2n) is 6.62. The number of carbonyl (C=O) groups is 1. The lowest BCUT2D eigenvalue weighted by Gasteiger charge is -2.40. The van der Waals surface area contributed by atoms with Crippen molar-refractivity contribution in [1.29, 1.82) is 0 Å². The Morgan fingerprint density at radius 1 is 0.955 bits per heavy atom. The number of aldehydes is 1. The van der Waals surface area contributed by atoms with Crippen molar-refractivity contribution in [2.24, 2.45) is 11.8 Å². The topological polar surface area (TPSA) is 20.3 Å². The van der Waals surface area contributed by atoms with Gasteiger partial charge in [-0.25, -0.2) is 0 Å². The molecule has 1 aliphatic carbocycles. The highest BCUT2D eigenvalue weighted by Crippen LogP contribution is 2.52. The van der Waals surface area contributed by atoms with Crippen LogP contribution in [0.25, 0.3) is 0 Å². The van der Waals surface area contributed by atoms with E-state index in [1.54, 1.807) is 0 Å². The Morgan fingerprint density at radius 3 is 2.32 bits per heavy atom. The molecule has 4 atom stereocenters. The van der Waals surface area contributed by atoms with Gasteiger partial charge in [0.15, 0.2) is 0 Å². The fourth-order valence-corrected chi connectivity index (χ4v) is 4.28. The molecule has 2 nitrogen and oxygen atoms in total. The maximum atomic E-state index is 11.6. The van der Waals surface area contributed by atoms with Gasteiger partial charge in [-0.05, 0) is 35.3 Å². The third kappa shape index (κ3) is 2.28. The second-order valence-corrected chi connectivity index (χ2v) is 6.62. The molecule has 112 valence electrons. The molecule has 2 aromatic rings. The predicted octanol–water partition coefficient (Wildman–Crippen LogP) is 3.66. The van der Waals surface area contributed by atoms with Gasteiger partial charge in [0.05, 0.1) is 6.04 Å². The number of nitrogens with zero attached hydrogens (tertiary/aromatic N) is 1. The van der Waals surface area contributed by atoms with Crippen LogP contribution in [0.5, 0.6) is 0 Å². The molecule has 2 heteroatoms. The Hall–Kier alpha value is -1.93. The first kappa shape index (κ1) is 13.7. The summed E-state index contributed by atoms with van der Waals surface area (Å²) in [5.74, 6) is 2.16. The molecule has 4 unspecified atom stereocenters. The molecule has 0 amide bonds. The summed E-state index contributed by atoms with van der Waals surface area (Å²) in [5, 5.41) is 0. The molecule has 1 aliphatic heterocycles. The highest BCUT2D eigenvalue weighted by atomic mass is 16.1. The number of hydrogen-bond donors (Lipinski definition) is 0. The first-order valence-corrected chi connectivity index (χ1v) is 8.16. The second kappa shape index (κ2) is 5.69. The normalized spacial score (nSPS) is 28.6. The molecule has 2 aliphatic rings. The number of likely N-dealkylation sites (tertiary alicyclic amines) is 1. The SMILES string of the molecule is O=CC(c1ccccc1)N1CC2CC(c3ccccc3)C2C1. The van der Waals surface area contributed by atoms with Crippen LogP contribution in [0, 0.1) is 11.8 Å². The molecular weight excluding hydrogens is 270 g/mol. The van der Waals surface area contributed by atoms with Crippen LogP contribution >= 0.6 is 0 Å². The van der Waals surface area contributed by atoms with Crippen molar-refractivity contribution in [3.63, 3.8) is 0 Å². The molecule has 0 spiro atoms. The Labute approximate surface area is 131 Å². The molecule has 1 heterocycles. The van der Waals surface area contributed by atoms with E-state index in [1.165, 1.54) is 12.0 Å². The largest absolute Gasteiger partial charge is 0.301 e. The van der Waals surface area contributed by atoms with Crippen molar-refractivity contribution in [1.82, 2.24) is 4.90 Å². The summed E-state index contributed by atoms with van der Waals surface area (Å²) in [7, 11) is 0. The van der Waals surface area contributed by atoms with Gasteiger partial charge in [-0.3, -0.25) is 4.90 Å². The van der Waals surface area contributed by atoms with Gasteiger partial charge < -0.3 is 4.79 Å². The highest BCUT2D eigenvalue weighted by Gasteiger charge is 2.48. The zero-order valence-electron chi connectivity index (χ0n) is 12.6. The lowest BCUT2D eigenvalue weighted by atomic mass is 9.64. The van der Waals surface area contributed by atoms with Crippen LogP contribution in [-0.2, 0) is 4.79 Å². The average molecular weight is 291 g/mol. The van der Waals surface area contributed by atoms with Crippen LogP contribution in [-0.4, -0.2) is 24.3 Å². The summed E-state index contributed by atoms with van der Waals surface area (Å²) in [5.41, 5.74) is 2.59. The number of hydrogen-bond acceptors (Lipinski definition) is 2. The first-order chi connectivity index (χ1) is 10.9. The predicted molar refractivity (Wildman–Crippen MR) is 87.6 cm³/mol. The lowest BCUT2D eigenvalue weighted by molar-refractivity contribution is -0.112. The van der Waals surface area contributed by atoms with E-state index in [2.05, 4.69) is 47.4 Å². The van der Waals surface area contributed by atoms with Crippen molar-refractivity contribution >= 4 is 6.29 Å². The fraction of sp³-hybridized carbons (Fsp3) is 0.350. The molecular formula is C20H21NO. The summed E-state index contributed by atoms with van der Waals surface area (Å²) in [4.78, 5) is 14.0. The summed E-state index contributed by atoms with van der Waals surface area (Å²) in [6.45, 7) is 2.11. The van der Waals surface area contributed by atoms with Gasteiger partial charge in [0.1, 0.15) is 6.29 Å². The molecule has 0 N–H and O–H groups in total. The Morgan fingerprint density at radius 2 is 1.64 bits per heavy atom. The van der Waals surface area contributed by atoms with Gasteiger partial charge in [-0.2, -0.15) is 0 Å². The van der Waals surface area contributed by atoms with Gasteiger partial charge in [-0.1, -0.05) is 60.7 Å². The quantitative estimate of drug-likeness (QED) is 0.801. The summed E-state index contributed by atoms with van der Waals surface area (Å²) in [6.07, 6.45) is 2.38. The molecule has 4 rings (SSSR count). The molecule has 0 aromatic heterocycles. The van der Waals surface area contributed by atoms with Crippen molar-refractivity contribution in [3.8, 4) is 0 Å². The van der Waals surface area contributed by atoms with E-state index in [4.69, 9.17) is 0 Å². The summed E-state index contributed by atoms with van der Waals surface area (Å²) >= 11 is 0. The molecule has 2 aromatic carbocycles. The summed E-state index contributed by atoms with van der Waals surface area (Å²) < 4.78 is 0. The smallest absolute Gasteiger partial charge is 0.141 e. The van der Waals surface area contributed by atoms with Crippen LogP contribution in [0.15, 0.2) is 60.7 Å². The van der Waals surface area contributed by atoms with Crippen molar-refractivity contribution < 1.29 is 4.79 Å². The Bertz CT molecular complexity index is 639. The van der Waals surface area contributed by atoms with E-state index in [0.29, 0.717) is 11.8 Å². The van der Waals surface area contributed by atoms with E-state index in [-0.39, 0.29) is 6.04 Å². The third-order valence-corrected chi connectivity index (χ3v) is 5.48. The van der Waals surface area contributed by atoms with E-state index in [0.717, 1.165) is 30.9 Å². The Balaban J connectivity index is 1.50. The molecule has 2 fully saturated rings. The van der Waals surface area contributed by atoms with Crippen LogP contribution in [0.1, 0.15) is 29.5 Å². The van der Waals surface area contributed by atoms with E-state index in [9.17, 15) is 4.79 Å². The number of fused-ring (bicyclic) bond motifs is 1. The van der Waals surface area contributed by atoms with Gasteiger partial charge in [0.2, 0.25) is 0 Å². The lowest BCUT2D eigenvalue weighted by Crippen LogP contribution is -2.33. The molecule has 0 bridgehead atoms. The van der Waals surface area contributed by atoms with Crippen LogP contribution in [0.4, 0.5) is 0 Å². The van der Waals surface area contributed by atoms with Gasteiger partial charge in [-0.15, -0.1) is 0 Å². The fourth-order valence-electron chi connectivity index (χ4n) is 4.28. The Kier molecular flexibility index (Phi) is 3.55. The van der Waals surface area contributed by atoms with Gasteiger partial charge in [0.25, 0.3) is 0 Å². The third-order valence-electron chi connectivity index (χ3n) is 5.48. The van der Waals surface area contributed by atoms with E-state index in [1.807, 2.05) is 18.2 Å². The van der Waals surface area contributed by atoms with Crippen molar-refractivity contribution in [3.05, 3.63) is 71.8 Å². The van der Waals surface area contributed by atoms with Crippen LogP contribution in [0.2, 0.25) is 0 Å². The number of benzene rings is 2. The minimum absolute atomic E-state index is 0.0803. The van der Waals surface area contributed by atoms with Crippen molar-refractivity contribution in [2.75, 3.05) is 13.1 Å². The average Bonchev–Trinajstić information content (AvgIpc) is 2.88. The molecule has 22 heavy (non-hydrogen) atoms. The molecule has 1 saturated heterocycles. The van der Waals surface area contributed by atoms with Crippen molar-refractivity contribution in [2.45, 2.75) is 18.4 Å². The zero-order valence-corrected chi connectivity index (χ0v) is 12.6. The first-order valence-electron chi connectivity index (χ1n) is 8.16. The monoisotopic (exact) mass is 291 g/mol. The minimum Gasteiger partial charge on any atom is -0.301 e. The highest BCUT2D eigenvalue weighted by molar-refractivity contribution is 5.61. The summed E-state index contributed by atoms with van der Waals surface area (Å²) in [6, 6.07) is 20.9. The van der Waals surface area contributed by atoms with E-state index < -0.39 is 0 Å². The maximum Gasteiger partial charge on any atom is 0.141 e. The number of rotatable bonds is 4. The van der Waals surface area contributed by atoms with Gasteiger partial charge >= 0.3 is 0 Å². The van der Waals surface area contributed by atoms with Crippen LogP contribution in [0.3, 0.4) is 0 Å². The molecule has 0 radical (unpaired) electrons. The van der Waals surface area contributed by atoms with Crippen LogP contribution < -0.4 is 0 Å². The van der Waals surface area contributed by atoms with Gasteiger partial charge in [0, 0.05) is 13.1 Å².